The number of benzene rings is 1. The van der Waals surface area contributed by atoms with Crippen LogP contribution >= 0.6 is 0 Å². The van der Waals surface area contributed by atoms with E-state index in [0.717, 1.165) is 18.2 Å². The molecular formula is C17H22F2N2O3. The topological polar surface area (TPSA) is 69.6 Å². The number of halogens is 2. The monoisotopic (exact) mass is 340 g/mol. The summed E-state index contributed by atoms with van der Waals surface area (Å²) in [5.41, 5.74) is 0.121. The molecule has 1 aliphatic rings. The fourth-order valence-corrected chi connectivity index (χ4v) is 2.91. The van der Waals surface area contributed by atoms with Crippen molar-refractivity contribution in [2.24, 2.45) is 11.8 Å². The van der Waals surface area contributed by atoms with E-state index in [1.54, 1.807) is 6.92 Å². The Balaban J connectivity index is 1.95. The number of anilines is 1. The molecule has 0 spiro atoms. The summed E-state index contributed by atoms with van der Waals surface area (Å²) in [7, 11) is 0. The zero-order valence-electron chi connectivity index (χ0n) is 13.8. The van der Waals surface area contributed by atoms with Gasteiger partial charge in [0.15, 0.2) is 0 Å². The molecule has 1 aromatic carbocycles. The molecule has 1 aliphatic heterocycles. The highest BCUT2D eigenvalue weighted by molar-refractivity contribution is 6.00. The minimum absolute atomic E-state index is 0.00868. The van der Waals surface area contributed by atoms with E-state index in [0.29, 0.717) is 13.0 Å². The van der Waals surface area contributed by atoms with Gasteiger partial charge < -0.3 is 15.3 Å². The molecule has 5 nitrogen and oxygen atoms in total. The fraction of sp³-hybridized carbons (Fsp3) is 0.529. The smallest absolute Gasteiger partial charge is 0.227 e. The summed E-state index contributed by atoms with van der Waals surface area (Å²) in [6.07, 6.45) is 0.135. The fourth-order valence-electron chi connectivity index (χ4n) is 2.91. The van der Waals surface area contributed by atoms with Crippen molar-refractivity contribution in [2.45, 2.75) is 32.8 Å². The van der Waals surface area contributed by atoms with Crippen LogP contribution in [-0.2, 0) is 9.59 Å². The maximum absolute atomic E-state index is 13.3. The van der Waals surface area contributed by atoms with E-state index < -0.39 is 23.7 Å². The zero-order chi connectivity index (χ0) is 17.9. The molecule has 1 saturated heterocycles. The highest BCUT2D eigenvalue weighted by Gasteiger charge is 2.35. The second kappa shape index (κ2) is 7.70. The number of hydrogen-bond donors (Lipinski definition) is 2. The van der Waals surface area contributed by atoms with Gasteiger partial charge >= 0.3 is 0 Å². The van der Waals surface area contributed by atoms with Crippen LogP contribution in [0.3, 0.4) is 0 Å². The molecule has 2 amide bonds. The molecule has 3 unspecified atom stereocenters. The van der Waals surface area contributed by atoms with E-state index in [2.05, 4.69) is 5.32 Å². The number of carbonyl (C=O) groups excluding carboxylic acids is 2. The van der Waals surface area contributed by atoms with Gasteiger partial charge in [-0.25, -0.2) is 8.78 Å². The van der Waals surface area contributed by atoms with E-state index in [9.17, 15) is 23.5 Å². The lowest BCUT2D eigenvalue weighted by atomic mass is 10.0. The Morgan fingerprint density at radius 1 is 1.33 bits per heavy atom. The average molecular weight is 340 g/mol. The lowest BCUT2D eigenvalue weighted by Crippen LogP contribution is -2.36. The predicted molar refractivity (Wildman–Crippen MR) is 85.3 cm³/mol. The van der Waals surface area contributed by atoms with Crippen molar-refractivity contribution < 1.29 is 23.5 Å². The summed E-state index contributed by atoms with van der Waals surface area (Å²) >= 11 is 0. The van der Waals surface area contributed by atoms with Crippen molar-refractivity contribution in [3.05, 3.63) is 29.8 Å². The van der Waals surface area contributed by atoms with Gasteiger partial charge in [-0.05, 0) is 31.4 Å². The summed E-state index contributed by atoms with van der Waals surface area (Å²) in [4.78, 5) is 25.5. The second-order valence-electron chi connectivity index (χ2n) is 6.47. The van der Waals surface area contributed by atoms with Crippen molar-refractivity contribution in [1.29, 1.82) is 0 Å². The molecule has 0 radical (unpaired) electrons. The molecule has 24 heavy (non-hydrogen) atoms. The molecule has 3 atom stereocenters. The van der Waals surface area contributed by atoms with E-state index in [4.69, 9.17) is 0 Å². The lowest BCUT2D eigenvalue weighted by molar-refractivity contribution is -0.126. The second-order valence-corrected chi connectivity index (χ2v) is 6.47. The number of nitrogens with one attached hydrogen (secondary N) is 1. The SMILES string of the molecule is CC(O)CC(C)CNC(=O)C1CC(=O)N(c2cc(F)cc(F)c2)C1. The first kappa shape index (κ1) is 18.3. The first-order valence-corrected chi connectivity index (χ1v) is 7.98. The van der Waals surface area contributed by atoms with Gasteiger partial charge in [-0.1, -0.05) is 6.92 Å². The van der Waals surface area contributed by atoms with Gasteiger partial charge in [-0.3, -0.25) is 9.59 Å². The molecule has 7 heteroatoms. The summed E-state index contributed by atoms with van der Waals surface area (Å²) in [5.74, 6) is -2.57. The molecular weight excluding hydrogens is 318 g/mol. The number of rotatable bonds is 6. The summed E-state index contributed by atoms with van der Waals surface area (Å²) < 4.78 is 26.6. The zero-order valence-corrected chi connectivity index (χ0v) is 13.8. The minimum atomic E-state index is -0.766. The van der Waals surface area contributed by atoms with Crippen LogP contribution in [0, 0.1) is 23.5 Å². The quantitative estimate of drug-likeness (QED) is 0.830. The van der Waals surface area contributed by atoms with Crippen molar-refractivity contribution >= 4 is 17.5 Å². The standard InChI is InChI=1S/C17H22F2N2O3/c1-10(3-11(2)22)8-20-17(24)12-4-16(23)21(9-12)15-6-13(18)5-14(19)7-15/h5-7,10-12,22H,3-4,8-9H2,1-2H3,(H,20,24). The van der Waals surface area contributed by atoms with Crippen LogP contribution in [0.1, 0.15) is 26.7 Å². The van der Waals surface area contributed by atoms with Crippen LogP contribution in [0.25, 0.3) is 0 Å². The van der Waals surface area contributed by atoms with Gasteiger partial charge in [0, 0.05) is 31.3 Å². The average Bonchev–Trinajstić information content (AvgIpc) is 2.85. The van der Waals surface area contributed by atoms with Crippen LogP contribution in [-0.4, -0.2) is 36.1 Å². The molecule has 2 rings (SSSR count). The Hall–Kier alpha value is -2.02. The van der Waals surface area contributed by atoms with Gasteiger partial charge in [-0.2, -0.15) is 0 Å². The minimum Gasteiger partial charge on any atom is -0.393 e. The molecule has 2 N–H and O–H groups in total. The van der Waals surface area contributed by atoms with E-state index in [1.807, 2.05) is 6.92 Å². The molecule has 1 heterocycles. The maximum Gasteiger partial charge on any atom is 0.227 e. The van der Waals surface area contributed by atoms with Crippen LogP contribution < -0.4 is 10.2 Å². The molecule has 1 aromatic rings. The van der Waals surface area contributed by atoms with Crippen molar-refractivity contribution in [3.8, 4) is 0 Å². The molecule has 0 aliphatic carbocycles. The van der Waals surface area contributed by atoms with E-state index in [-0.39, 0.29) is 36.4 Å². The summed E-state index contributed by atoms with van der Waals surface area (Å²) in [6, 6.07) is 2.88. The Labute approximate surface area is 139 Å². The van der Waals surface area contributed by atoms with Crippen LogP contribution in [0.2, 0.25) is 0 Å². The normalized spacial score (nSPS) is 20.1. The largest absolute Gasteiger partial charge is 0.393 e. The van der Waals surface area contributed by atoms with Gasteiger partial charge in [0.25, 0.3) is 0 Å². The first-order valence-electron chi connectivity index (χ1n) is 7.98. The molecule has 0 saturated carbocycles. The summed E-state index contributed by atoms with van der Waals surface area (Å²) in [6.45, 7) is 4.10. The lowest BCUT2D eigenvalue weighted by Gasteiger charge is -2.18. The van der Waals surface area contributed by atoms with E-state index >= 15 is 0 Å². The third kappa shape index (κ3) is 4.74. The Morgan fingerprint density at radius 2 is 1.96 bits per heavy atom. The van der Waals surface area contributed by atoms with Gasteiger partial charge in [0.2, 0.25) is 11.8 Å². The number of amides is 2. The third-order valence-electron chi connectivity index (χ3n) is 4.02. The molecule has 0 bridgehead atoms. The number of carbonyl (C=O) groups is 2. The molecule has 1 fully saturated rings. The number of hydrogen-bond acceptors (Lipinski definition) is 3. The maximum atomic E-state index is 13.3. The summed E-state index contributed by atoms with van der Waals surface area (Å²) in [5, 5.41) is 12.1. The number of nitrogens with zero attached hydrogens (tertiary/aromatic N) is 1. The van der Waals surface area contributed by atoms with Crippen LogP contribution in [0.4, 0.5) is 14.5 Å². The van der Waals surface area contributed by atoms with Crippen molar-refractivity contribution in [2.75, 3.05) is 18.0 Å². The van der Waals surface area contributed by atoms with Gasteiger partial charge in [0.1, 0.15) is 11.6 Å². The highest BCUT2D eigenvalue weighted by atomic mass is 19.1. The molecule has 0 aromatic heterocycles. The van der Waals surface area contributed by atoms with Crippen molar-refractivity contribution in [3.63, 3.8) is 0 Å². The Kier molecular flexibility index (Phi) is 5.88. The van der Waals surface area contributed by atoms with Gasteiger partial charge in [-0.15, -0.1) is 0 Å². The number of aliphatic hydroxyl groups excluding tert-OH is 1. The third-order valence-corrected chi connectivity index (χ3v) is 4.02. The van der Waals surface area contributed by atoms with Crippen molar-refractivity contribution in [1.82, 2.24) is 5.32 Å². The Bertz CT molecular complexity index is 602. The van der Waals surface area contributed by atoms with E-state index in [1.165, 1.54) is 4.90 Å². The number of aliphatic hydroxyl groups is 1. The predicted octanol–water partition coefficient (Wildman–Crippen LogP) is 1.84. The molecule has 132 valence electrons. The van der Waals surface area contributed by atoms with Gasteiger partial charge in [0.05, 0.1) is 12.0 Å². The van der Waals surface area contributed by atoms with Crippen LogP contribution in [0.5, 0.6) is 0 Å². The highest BCUT2D eigenvalue weighted by Crippen LogP contribution is 2.26. The Morgan fingerprint density at radius 3 is 2.54 bits per heavy atom. The van der Waals surface area contributed by atoms with Crippen LogP contribution in [0.15, 0.2) is 18.2 Å². The first-order chi connectivity index (χ1) is 11.3.